The van der Waals surface area contributed by atoms with E-state index in [1.165, 1.54) is 19.2 Å². The van der Waals surface area contributed by atoms with E-state index in [0.717, 1.165) is 0 Å². The third-order valence-electron chi connectivity index (χ3n) is 2.86. The normalized spacial score (nSPS) is 12.8. The number of methoxy groups -OCH3 is 1. The first-order valence-corrected chi connectivity index (χ1v) is 6.16. The molecule has 1 aromatic rings. The Bertz CT molecular complexity index is 502. The van der Waals surface area contributed by atoms with Crippen LogP contribution in [0.15, 0.2) is 23.4 Å². The van der Waals surface area contributed by atoms with Gasteiger partial charge in [0.1, 0.15) is 17.3 Å². The highest BCUT2D eigenvalue weighted by atomic mass is 16.5. The molecule has 7 heteroatoms. The number of amidine groups is 1. The summed E-state index contributed by atoms with van der Waals surface area (Å²) in [6.07, 6.45) is 0.830. The number of ether oxygens (including phenoxy) is 1. The minimum Gasteiger partial charge on any atom is -0.507 e. The molecule has 0 spiro atoms. The topological polar surface area (TPSA) is 117 Å². The molecule has 0 saturated heterocycles. The van der Waals surface area contributed by atoms with Crippen LogP contribution in [0, 0.1) is 0 Å². The van der Waals surface area contributed by atoms with Gasteiger partial charge in [-0.2, -0.15) is 0 Å². The minimum atomic E-state index is -0.445. The van der Waals surface area contributed by atoms with E-state index in [9.17, 15) is 9.90 Å². The molecular weight excluding hydrogens is 262 g/mol. The quantitative estimate of drug-likeness (QED) is 0.269. The van der Waals surface area contributed by atoms with Crippen molar-refractivity contribution in [3.05, 3.63) is 23.8 Å². The molecule has 0 fully saturated rings. The molecule has 0 aliphatic carbocycles. The summed E-state index contributed by atoms with van der Waals surface area (Å²) >= 11 is 0. The molecule has 110 valence electrons. The number of oxime groups is 1. The summed E-state index contributed by atoms with van der Waals surface area (Å²) in [6, 6.07) is 4.10. The highest BCUT2D eigenvalue weighted by Gasteiger charge is 2.17. The van der Waals surface area contributed by atoms with Gasteiger partial charge < -0.3 is 26.1 Å². The molecule has 0 bridgehead atoms. The number of benzene rings is 1. The Morgan fingerprint density at radius 2 is 2.25 bits per heavy atom. The SMILES string of the molecule is CCC(CC(N)=NO)NC(=O)c1cc(OC)ccc1O. The van der Waals surface area contributed by atoms with Crippen molar-refractivity contribution >= 4 is 11.7 Å². The molecule has 0 aliphatic rings. The number of carbonyl (C=O) groups excluding carboxylic acids is 1. The fourth-order valence-corrected chi connectivity index (χ4v) is 1.68. The Morgan fingerprint density at radius 1 is 1.55 bits per heavy atom. The van der Waals surface area contributed by atoms with Crippen LogP contribution in [0.2, 0.25) is 0 Å². The van der Waals surface area contributed by atoms with Crippen LogP contribution in [-0.2, 0) is 0 Å². The average molecular weight is 281 g/mol. The summed E-state index contributed by atoms with van der Waals surface area (Å²) in [4.78, 5) is 12.1. The molecule has 1 amide bonds. The molecule has 0 aromatic heterocycles. The predicted molar refractivity (Wildman–Crippen MR) is 74.2 cm³/mol. The van der Waals surface area contributed by atoms with Crippen LogP contribution in [0.5, 0.6) is 11.5 Å². The largest absolute Gasteiger partial charge is 0.507 e. The second-order valence-corrected chi connectivity index (χ2v) is 4.26. The highest BCUT2D eigenvalue weighted by molar-refractivity contribution is 5.97. The Morgan fingerprint density at radius 3 is 2.80 bits per heavy atom. The number of nitrogens with one attached hydrogen (secondary N) is 1. The molecule has 0 aliphatic heterocycles. The molecule has 1 unspecified atom stereocenters. The van der Waals surface area contributed by atoms with Gasteiger partial charge in [0, 0.05) is 12.5 Å². The van der Waals surface area contributed by atoms with Gasteiger partial charge in [0.25, 0.3) is 5.91 Å². The third kappa shape index (κ3) is 4.04. The first-order valence-electron chi connectivity index (χ1n) is 6.16. The van der Waals surface area contributed by atoms with Crippen molar-refractivity contribution < 1.29 is 19.8 Å². The van der Waals surface area contributed by atoms with Crippen LogP contribution in [0.1, 0.15) is 30.1 Å². The van der Waals surface area contributed by atoms with Gasteiger partial charge in [-0.3, -0.25) is 4.79 Å². The van der Waals surface area contributed by atoms with Crippen molar-refractivity contribution in [3.63, 3.8) is 0 Å². The van der Waals surface area contributed by atoms with Gasteiger partial charge >= 0.3 is 0 Å². The van der Waals surface area contributed by atoms with Gasteiger partial charge in [-0.15, -0.1) is 0 Å². The standard InChI is InChI=1S/C13H19N3O4/c1-3-8(6-12(14)16-19)15-13(18)10-7-9(20-2)4-5-11(10)17/h4-5,7-8,17,19H,3,6H2,1-2H3,(H2,14,16)(H,15,18). The zero-order valence-corrected chi connectivity index (χ0v) is 11.5. The van der Waals surface area contributed by atoms with Gasteiger partial charge in [-0.1, -0.05) is 12.1 Å². The second-order valence-electron chi connectivity index (χ2n) is 4.26. The van der Waals surface area contributed by atoms with Gasteiger partial charge in [0.2, 0.25) is 0 Å². The maximum absolute atomic E-state index is 12.1. The minimum absolute atomic E-state index is 0.0343. The van der Waals surface area contributed by atoms with Crippen molar-refractivity contribution in [2.45, 2.75) is 25.8 Å². The molecule has 1 rings (SSSR count). The number of hydrogen-bond acceptors (Lipinski definition) is 5. The molecule has 0 radical (unpaired) electrons. The maximum atomic E-state index is 12.1. The van der Waals surface area contributed by atoms with Crippen LogP contribution in [0.3, 0.4) is 0 Å². The van der Waals surface area contributed by atoms with Crippen molar-refractivity contribution in [3.8, 4) is 11.5 Å². The van der Waals surface area contributed by atoms with E-state index in [-0.39, 0.29) is 29.6 Å². The smallest absolute Gasteiger partial charge is 0.255 e. The van der Waals surface area contributed by atoms with Crippen molar-refractivity contribution in [1.29, 1.82) is 0 Å². The number of nitrogens with two attached hydrogens (primary N) is 1. The lowest BCUT2D eigenvalue weighted by molar-refractivity contribution is 0.0934. The van der Waals surface area contributed by atoms with Crippen LogP contribution >= 0.6 is 0 Å². The lowest BCUT2D eigenvalue weighted by Crippen LogP contribution is -2.37. The zero-order valence-electron chi connectivity index (χ0n) is 11.5. The van der Waals surface area contributed by atoms with Gasteiger partial charge in [-0.05, 0) is 24.6 Å². The van der Waals surface area contributed by atoms with E-state index in [1.807, 2.05) is 6.92 Å². The molecule has 5 N–H and O–H groups in total. The Kier molecular flexibility index (Phi) is 5.64. The molecule has 0 saturated carbocycles. The van der Waals surface area contributed by atoms with E-state index < -0.39 is 5.91 Å². The Hall–Kier alpha value is -2.44. The second kappa shape index (κ2) is 7.22. The van der Waals surface area contributed by atoms with Crippen LogP contribution in [0.4, 0.5) is 0 Å². The van der Waals surface area contributed by atoms with E-state index in [1.54, 1.807) is 6.07 Å². The van der Waals surface area contributed by atoms with Crippen molar-refractivity contribution in [2.75, 3.05) is 7.11 Å². The number of nitrogens with zero attached hydrogens (tertiary/aromatic N) is 1. The first-order chi connectivity index (χ1) is 9.51. The summed E-state index contributed by atoms with van der Waals surface area (Å²) in [5, 5.41) is 23.8. The molecule has 7 nitrogen and oxygen atoms in total. The summed E-state index contributed by atoms with van der Waals surface area (Å²) < 4.78 is 5.01. The fraction of sp³-hybridized carbons (Fsp3) is 0.385. The fourth-order valence-electron chi connectivity index (χ4n) is 1.68. The summed E-state index contributed by atoms with van der Waals surface area (Å²) in [5.74, 6) is -0.0783. The predicted octanol–water partition coefficient (Wildman–Crippen LogP) is 1.05. The van der Waals surface area contributed by atoms with Crippen molar-refractivity contribution in [1.82, 2.24) is 5.32 Å². The number of hydrogen-bond donors (Lipinski definition) is 4. The maximum Gasteiger partial charge on any atom is 0.255 e. The lowest BCUT2D eigenvalue weighted by Gasteiger charge is -2.16. The number of amides is 1. The molecular formula is C13H19N3O4. The Balaban J connectivity index is 2.84. The van der Waals surface area contributed by atoms with Crippen LogP contribution < -0.4 is 15.8 Å². The summed E-state index contributed by atoms with van der Waals surface area (Å²) in [6.45, 7) is 1.86. The molecule has 1 aromatic carbocycles. The van der Waals surface area contributed by atoms with Gasteiger partial charge in [0.15, 0.2) is 0 Å². The van der Waals surface area contributed by atoms with Crippen LogP contribution in [-0.4, -0.2) is 35.2 Å². The van der Waals surface area contributed by atoms with E-state index in [0.29, 0.717) is 12.2 Å². The summed E-state index contributed by atoms with van der Waals surface area (Å²) in [7, 11) is 1.47. The zero-order chi connectivity index (χ0) is 15.1. The molecule has 20 heavy (non-hydrogen) atoms. The Labute approximate surface area is 117 Å². The first kappa shape index (κ1) is 15.6. The third-order valence-corrected chi connectivity index (χ3v) is 2.86. The van der Waals surface area contributed by atoms with Gasteiger partial charge in [-0.25, -0.2) is 0 Å². The van der Waals surface area contributed by atoms with E-state index >= 15 is 0 Å². The average Bonchev–Trinajstić information content (AvgIpc) is 2.46. The molecule has 1 atom stereocenters. The number of phenolic OH excluding ortho intramolecular Hbond substituents is 1. The molecule has 0 heterocycles. The highest BCUT2D eigenvalue weighted by Crippen LogP contribution is 2.22. The van der Waals surface area contributed by atoms with Crippen LogP contribution in [0.25, 0.3) is 0 Å². The monoisotopic (exact) mass is 281 g/mol. The number of aromatic hydroxyl groups is 1. The van der Waals surface area contributed by atoms with E-state index in [2.05, 4.69) is 10.5 Å². The number of phenols is 1. The number of carbonyl (C=O) groups is 1. The number of rotatable bonds is 6. The summed E-state index contributed by atoms with van der Waals surface area (Å²) in [5.41, 5.74) is 5.53. The van der Waals surface area contributed by atoms with E-state index in [4.69, 9.17) is 15.7 Å². The lowest BCUT2D eigenvalue weighted by atomic mass is 10.1. The van der Waals surface area contributed by atoms with Gasteiger partial charge in [0.05, 0.1) is 12.7 Å². The van der Waals surface area contributed by atoms with Crippen molar-refractivity contribution in [2.24, 2.45) is 10.9 Å².